The molecule has 0 spiro atoms. The van der Waals surface area contributed by atoms with E-state index in [2.05, 4.69) is 10.6 Å². The Hall–Kier alpha value is -4.44. The molecular formula is C37H46N4O6. The van der Waals surface area contributed by atoms with E-state index in [1.165, 1.54) is 4.90 Å². The fourth-order valence-electron chi connectivity index (χ4n) is 7.03. The lowest BCUT2D eigenvalue weighted by Crippen LogP contribution is -2.62. The van der Waals surface area contributed by atoms with Crippen LogP contribution in [0.3, 0.4) is 0 Å². The van der Waals surface area contributed by atoms with Crippen molar-refractivity contribution < 1.29 is 29.3 Å². The van der Waals surface area contributed by atoms with Crippen LogP contribution in [0.1, 0.15) is 78.2 Å². The van der Waals surface area contributed by atoms with E-state index < -0.39 is 28.9 Å². The maximum atomic E-state index is 13.1. The van der Waals surface area contributed by atoms with Crippen LogP contribution in [-0.4, -0.2) is 62.5 Å². The normalized spacial score (nSPS) is 24.0. The number of amides is 3. The first-order chi connectivity index (χ1) is 22.1. The van der Waals surface area contributed by atoms with E-state index in [9.17, 15) is 24.6 Å². The third kappa shape index (κ3) is 8.29. The molecule has 0 aliphatic heterocycles. The highest BCUT2D eigenvalue weighted by atomic mass is 16.6. The summed E-state index contributed by atoms with van der Waals surface area (Å²) in [7, 11) is 1.61. The molecule has 0 atom stereocenters. The van der Waals surface area contributed by atoms with Crippen molar-refractivity contribution in [2.24, 2.45) is 5.92 Å². The van der Waals surface area contributed by atoms with Crippen LogP contribution in [0.25, 0.3) is 22.4 Å². The number of pyridine rings is 1. The Balaban J connectivity index is 1.33. The van der Waals surface area contributed by atoms with Gasteiger partial charge in [-0.05, 0) is 76.5 Å². The minimum absolute atomic E-state index is 0.00132. The zero-order valence-electron chi connectivity index (χ0n) is 27.9. The van der Waals surface area contributed by atoms with E-state index >= 15 is 0 Å². The summed E-state index contributed by atoms with van der Waals surface area (Å²) >= 11 is 0. The molecule has 5 rings (SSSR count). The number of benzene rings is 2. The average Bonchev–Trinajstić information content (AvgIpc) is 2.99. The molecule has 2 fully saturated rings. The Bertz CT molecular complexity index is 1580. The van der Waals surface area contributed by atoms with Gasteiger partial charge in [0, 0.05) is 43.5 Å². The summed E-state index contributed by atoms with van der Waals surface area (Å²) in [5.41, 5.74) is 2.61. The number of carboxylic acid groups (broad SMARTS) is 1. The van der Waals surface area contributed by atoms with Gasteiger partial charge in [0.2, 0.25) is 5.91 Å². The van der Waals surface area contributed by atoms with Crippen molar-refractivity contribution in [2.45, 2.75) is 95.4 Å². The van der Waals surface area contributed by atoms with Crippen LogP contribution in [0.15, 0.2) is 66.9 Å². The molecular weight excluding hydrogens is 596 g/mol. The summed E-state index contributed by atoms with van der Waals surface area (Å²) in [5, 5.41) is 25.9. The summed E-state index contributed by atoms with van der Waals surface area (Å²) in [6.45, 7) is 7.21. The van der Waals surface area contributed by atoms with Gasteiger partial charge in [-0.15, -0.1) is 0 Å². The standard InChI is InChI=1S/C37H46N4O6/c1-35(2,3)47-33(43)40-37(22-36(4,46)23-37)27-15-13-26(14-16-27)32-30(25-9-7-6-8-10-25)20-28(21-38-32)39-31(42)19-24-11-17-29(18-12-24)41(5)34(44)45/h6-10,13-16,20-21,24,29,46H,11-12,17-19,22-23H2,1-5H3,(H,39,42)(H,40,43)(H,44,45)/t24?,29?,36-,37-. The Morgan fingerprint density at radius 1 is 0.979 bits per heavy atom. The molecule has 0 saturated heterocycles. The lowest BCUT2D eigenvalue weighted by atomic mass is 9.62. The minimum atomic E-state index is -0.918. The van der Waals surface area contributed by atoms with Gasteiger partial charge in [0.25, 0.3) is 0 Å². The predicted octanol–water partition coefficient (Wildman–Crippen LogP) is 7.18. The van der Waals surface area contributed by atoms with E-state index in [0.717, 1.165) is 53.6 Å². The zero-order chi connectivity index (χ0) is 34.0. The SMILES string of the molecule is CN(C(=O)O)C1CCC(CC(=O)Nc2cnc(-c3ccc([C@]4(NC(=O)OC(C)(C)C)C[C@](C)(O)C4)cc3)c(-c3ccccc3)c2)CC1. The van der Waals surface area contributed by atoms with Crippen molar-refractivity contribution in [3.63, 3.8) is 0 Å². The quantitative estimate of drug-likeness (QED) is 0.204. The number of hydrogen-bond donors (Lipinski definition) is 4. The summed E-state index contributed by atoms with van der Waals surface area (Å²) in [4.78, 5) is 43.3. The first kappa shape index (κ1) is 33.9. The molecule has 47 heavy (non-hydrogen) atoms. The minimum Gasteiger partial charge on any atom is -0.465 e. The summed E-state index contributed by atoms with van der Waals surface area (Å²) in [5.74, 6) is 0.123. The molecule has 3 aromatic rings. The maximum absolute atomic E-state index is 13.1. The van der Waals surface area contributed by atoms with Crippen LogP contribution in [0.5, 0.6) is 0 Å². The Kier molecular flexibility index (Phi) is 9.63. The Morgan fingerprint density at radius 3 is 2.19 bits per heavy atom. The molecule has 0 bridgehead atoms. The molecule has 2 saturated carbocycles. The van der Waals surface area contributed by atoms with Crippen LogP contribution in [-0.2, 0) is 15.1 Å². The van der Waals surface area contributed by atoms with Crippen LogP contribution in [0.4, 0.5) is 15.3 Å². The number of alkyl carbamates (subject to hydrolysis) is 1. The maximum Gasteiger partial charge on any atom is 0.408 e. The van der Waals surface area contributed by atoms with Gasteiger partial charge < -0.3 is 30.5 Å². The molecule has 250 valence electrons. The van der Waals surface area contributed by atoms with Gasteiger partial charge >= 0.3 is 12.2 Å². The molecule has 1 heterocycles. The second-order valence-electron chi connectivity index (χ2n) is 14.4. The van der Waals surface area contributed by atoms with Gasteiger partial charge in [-0.3, -0.25) is 9.78 Å². The number of nitrogens with zero attached hydrogens (tertiary/aromatic N) is 2. The van der Waals surface area contributed by atoms with Crippen LogP contribution in [0.2, 0.25) is 0 Å². The topological polar surface area (TPSA) is 141 Å². The van der Waals surface area contributed by atoms with Gasteiger partial charge in [-0.25, -0.2) is 9.59 Å². The van der Waals surface area contributed by atoms with E-state index in [0.29, 0.717) is 24.9 Å². The van der Waals surface area contributed by atoms with Crippen molar-refractivity contribution in [2.75, 3.05) is 12.4 Å². The number of anilines is 1. The van der Waals surface area contributed by atoms with E-state index in [4.69, 9.17) is 9.72 Å². The van der Waals surface area contributed by atoms with Crippen LogP contribution >= 0.6 is 0 Å². The highest BCUT2D eigenvalue weighted by molar-refractivity contribution is 5.93. The molecule has 2 aliphatic rings. The zero-order valence-corrected chi connectivity index (χ0v) is 27.9. The molecule has 3 amide bonds. The molecule has 2 aromatic carbocycles. The number of aliphatic hydroxyl groups is 1. The number of aromatic nitrogens is 1. The molecule has 10 nitrogen and oxygen atoms in total. The van der Waals surface area contributed by atoms with Crippen LogP contribution in [0, 0.1) is 5.92 Å². The lowest BCUT2D eigenvalue weighted by Gasteiger charge is -2.52. The van der Waals surface area contributed by atoms with E-state index in [1.807, 2.05) is 81.4 Å². The van der Waals surface area contributed by atoms with Gasteiger partial charge in [-0.2, -0.15) is 0 Å². The molecule has 10 heteroatoms. The monoisotopic (exact) mass is 642 g/mol. The number of carbonyl (C=O) groups is 3. The summed E-state index contributed by atoms with van der Waals surface area (Å²) in [6, 6.07) is 19.7. The smallest absolute Gasteiger partial charge is 0.408 e. The van der Waals surface area contributed by atoms with Gasteiger partial charge in [0.15, 0.2) is 0 Å². The fourth-order valence-corrected chi connectivity index (χ4v) is 7.03. The van der Waals surface area contributed by atoms with Crippen LogP contribution < -0.4 is 10.6 Å². The molecule has 1 aromatic heterocycles. The second-order valence-corrected chi connectivity index (χ2v) is 14.4. The molecule has 4 N–H and O–H groups in total. The number of nitrogens with one attached hydrogen (secondary N) is 2. The number of ether oxygens (including phenoxy) is 1. The van der Waals surface area contributed by atoms with Crippen molar-refractivity contribution >= 4 is 23.8 Å². The highest BCUT2D eigenvalue weighted by Gasteiger charge is 2.53. The summed E-state index contributed by atoms with van der Waals surface area (Å²) < 4.78 is 5.53. The molecule has 0 radical (unpaired) electrons. The first-order valence-electron chi connectivity index (χ1n) is 16.3. The van der Waals surface area contributed by atoms with E-state index in [1.54, 1.807) is 20.2 Å². The fraction of sp³-hybridized carbons (Fsp3) is 0.459. The average molecular weight is 643 g/mol. The number of hydrogen-bond acceptors (Lipinski definition) is 6. The third-order valence-electron chi connectivity index (χ3n) is 9.21. The lowest BCUT2D eigenvalue weighted by molar-refractivity contribution is -0.117. The first-order valence-corrected chi connectivity index (χ1v) is 16.3. The predicted molar refractivity (Wildman–Crippen MR) is 181 cm³/mol. The largest absolute Gasteiger partial charge is 0.465 e. The van der Waals surface area contributed by atoms with E-state index in [-0.39, 0.29) is 17.9 Å². The van der Waals surface area contributed by atoms with Crippen molar-refractivity contribution in [1.29, 1.82) is 0 Å². The van der Waals surface area contributed by atoms with Crippen molar-refractivity contribution in [1.82, 2.24) is 15.2 Å². The van der Waals surface area contributed by atoms with Crippen molar-refractivity contribution in [3.8, 4) is 22.4 Å². The van der Waals surface area contributed by atoms with Gasteiger partial charge in [0.05, 0.1) is 28.7 Å². The second kappa shape index (κ2) is 13.4. The third-order valence-corrected chi connectivity index (χ3v) is 9.21. The summed E-state index contributed by atoms with van der Waals surface area (Å²) in [6.07, 6.45) is 4.45. The number of rotatable bonds is 8. The molecule has 0 unspecified atom stereocenters. The van der Waals surface area contributed by atoms with Gasteiger partial charge in [0.1, 0.15) is 5.60 Å². The van der Waals surface area contributed by atoms with Gasteiger partial charge in [-0.1, -0.05) is 54.6 Å². The Labute approximate surface area is 276 Å². The van der Waals surface area contributed by atoms with Crippen molar-refractivity contribution in [3.05, 3.63) is 72.4 Å². The Morgan fingerprint density at radius 2 is 1.62 bits per heavy atom. The molecule has 2 aliphatic carbocycles. The number of carbonyl (C=O) groups excluding carboxylic acids is 2. The highest BCUT2D eigenvalue weighted by Crippen LogP contribution is 2.49.